The Bertz CT molecular complexity index is 419. The molecule has 0 unspecified atom stereocenters. The van der Waals surface area contributed by atoms with Crippen molar-refractivity contribution in [3.8, 4) is 0 Å². The van der Waals surface area contributed by atoms with Gasteiger partial charge in [-0.3, -0.25) is 9.89 Å². The highest BCUT2D eigenvalue weighted by Crippen LogP contribution is 2.19. The summed E-state index contributed by atoms with van der Waals surface area (Å²) in [6, 6.07) is 8.00. The third-order valence-corrected chi connectivity index (χ3v) is 3.53. The predicted molar refractivity (Wildman–Crippen MR) is 80.8 cm³/mol. The Morgan fingerprint density at radius 3 is 2.32 bits per heavy atom. The van der Waals surface area contributed by atoms with Crippen molar-refractivity contribution in [1.82, 2.24) is 4.90 Å². The van der Waals surface area contributed by atoms with Crippen LogP contribution in [0.1, 0.15) is 0 Å². The Morgan fingerprint density at radius 1 is 1.11 bits per heavy atom. The second kappa shape index (κ2) is 6.63. The Morgan fingerprint density at radius 2 is 1.74 bits per heavy atom. The lowest BCUT2D eigenvalue weighted by Gasteiger charge is -2.35. The van der Waals surface area contributed by atoms with E-state index in [0.29, 0.717) is 6.54 Å². The molecular weight excluding hydrogens is 262 g/mol. The molecule has 0 aliphatic carbocycles. The number of hydrogen-bond acceptors (Lipinski definition) is 3. The summed E-state index contributed by atoms with van der Waals surface area (Å²) in [6.07, 6.45) is 0. The van der Waals surface area contributed by atoms with Gasteiger partial charge < -0.3 is 16.4 Å². The van der Waals surface area contributed by atoms with Crippen LogP contribution in [0.5, 0.6) is 0 Å². The highest BCUT2D eigenvalue weighted by atomic mass is 35.5. The fourth-order valence-electron chi connectivity index (χ4n) is 2.20. The van der Waals surface area contributed by atoms with Gasteiger partial charge in [0, 0.05) is 43.4 Å². The summed E-state index contributed by atoms with van der Waals surface area (Å²) < 4.78 is 0. The van der Waals surface area contributed by atoms with Crippen molar-refractivity contribution in [3.05, 3.63) is 29.3 Å². The number of rotatable bonds is 4. The molecule has 0 amide bonds. The first kappa shape index (κ1) is 14.0. The number of guanidine groups is 1. The number of nitrogens with two attached hydrogens (primary N) is 2. The van der Waals surface area contributed by atoms with E-state index < -0.39 is 0 Å². The van der Waals surface area contributed by atoms with Crippen molar-refractivity contribution in [2.75, 3.05) is 44.2 Å². The maximum Gasteiger partial charge on any atom is 0.185 e. The van der Waals surface area contributed by atoms with E-state index in [9.17, 15) is 0 Å². The van der Waals surface area contributed by atoms with E-state index in [1.807, 2.05) is 12.1 Å². The number of aliphatic imine (C=N–C) groups is 1. The Hall–Kier alpha value is -1.46. The monoisotopic (exact) mass is 281 g/mol. The second-order valence-corrected chi connectivity index (χ2v) is 5.05. The van der Waals surface area contributed by atoms with Gasteiger partial charge in [0.2, 0.25) is 0 Å². The molecule has 1 aromatic carbocycles. The lowest BCUT2D eigenvalue weighted by atomic mass is 10.2. The van der Waals surface area contributed by atoms with Crippen LogP contribution in [-0.4, -0.2) is 50.1 Å². The van der Waals surface area contributed by atoms with Crippen molar-refractivity contribution >= 4 is 23.2 Å². The molecule has 104 valence electrons. The van der Waals surface area contributed by atoms with Crippen LogP contribution in [0.2, 0.25) is 5.02 Å². The minimum absolute atomic E-state index is 0.166. The predicted octanol–water partition coefficient (Wildman–Crippen LogP) is 0.735. The molecule has 1 aromatic rings. The fraction of sp³-hybridized carbons (Fsp3) is 0.462. The van der Waals surface area contributed by atoms with Crippen LogP contribution in [0.25, 0.3) is 0 Å². The van der Waals surface area contributed by atoms with Crippen LogP contribution in [0.4, 0.5) is 5.69 Å². The maximum absolute atomic E-state index is 5.90. The third kappa shape index (κ3) is 4.29. The van der Waals surface area contributed by atoms with Crippen molar-refractivity contribution in [3.63, 3.8) is 0 Å². The average molecular weight is 282 g/mol. The van der Waals surface area contributed by atoms with Gasteiger partial charge in [-0.05, 0) is 24.3 Å². The SMILES string of the molecule is NC(N)=NCCN1CCN(c2ccc(Cl)cc2)CC1. The number of piperazine rings is 1. The standard InChI is InChI=1S/C13H20ClN5/c14-11-1-3-12(4-2-11)19-9-7-18(8-10-19)6-5-17-13(15)16/h1-4H,5-10H2,(H4,15,16,17). The van der Waals surface area contributed by atoms with Crippen LogP contribution >= 0.6 is 11.6 Å². The summed E-state index contributed by atoms with van der Waals surface area (Å²) in [5.74, 6) is 0.166. The average Bonchev–Trinajstić information content (AvgIpc) is 2.40. The largest absolute Gasteiger partial charge is 0.370 e. The molecular formula is C13H20ClN5. The van der Waals surface area contributed by atoms with E-state index in [1.54, 1.807) is 0 Å². The van der Waals surface area contributed by atoms with E-state index in [2.05, 4.69) is 26.9 Å². The summed E-state index contributed by atoms with van der Waals surface area (Å²) in [5.41, 5.74) is 11.8. The van der Waals surface area contributed by atoms with E-state index in [-0.39, 0.29) is 5.96 Å². The molecule has 0 spiro atoms. The van der Waals surface area contributed by atoms with Gasteiger partial charge >= 0.3 is 0 Å². The van der Waals surface area contributed by atoms with Crippen LogP contribution in [0.3, 0.4) is 0 Å². The normalized spacial score (nSPS) is 16.4. The number of halogens is 1. The molecule has 2 rings (SSSR count). The van der Waals surface area contributed by atoms with Gasteiger partial charge in [-0.25, -0.2) is 0 Å². The van der Waals surface area contributed by atoms with Crippen molar-refractivity contribution in [2.24, 2.45) is 16.5 Å². The van der Waals surface area contributed by atoms with Gasteiger partial charge in [0.15, 0.2) is 5.96 Å². The fourth-order valence-corrected chi connectivity index (χ4v) is 2.33. The summed E-state index contributed by atoms with van der Waals surface area (Å²) in [5, 5.41) is 0.777. The minimum atomic E-state index is 0.166. The summed E-state index contributed by atoms with van der Waals surface area (Å²) in [7, 11) is 0. The zero-order valence-corrected chi connectivity index (χ0v) is 11.7. The second-order valence-electron chi connectivity index (χ2n) is 4.61. The first-order chi connectivity index (χ1) is 9.15. The summed E-state index contributed by atoms with van der Waals surface area (Å²) >= 11 is 5.90. The van der Waals surface area contributed by atoms with Gasteiger partial charge in [-0.15, -0.1) is 0 Å². The molecule has 4 N–H and O–H groups in total. The Balaban J connectivity index is 1.79. The molecule has 0 bridgehead atoms. The first-order valence-corrected chi connectivity index (χ1v) is 6.81. The summed E-state index contributed by atoms with van der Waals surface area (Å²) in [4.78, 5) is 8.75. The zero-order chi connectivity index (χ0) is 13.7. The smallest absolute Gasteiger partial charge is 0.185 e. The molecule has 0 atom stereocenters. The van der Waals surface area contributed by atoms with Crippen LogP contribution < -0.4 is 16.4 Å². The third-order valence-electron chi connectivity index (χ3n) is 3.27. The van der Waals surface area contributed by atoms with Gasteiger partial charge in [-0.2, -0.15) is 0 Å². The van der Waals surface area contributed by atoms with E-state index >= 15 is 0 Å². The molecule has 0 aromatic heterocycles. The highest BCUT2D eigenvalue weighted by Gasteiger charge is 2.16. The molecule has 6 heteroatoms. The highest BCUT2D eigenvalue weighted by molar-refractivity contribution is 6.30. The molecule has 1 saturated heterocycles. The van der Waals surface area contributed by atoms with E-state index in [1.165, 1.54) is 5.69 Å². The molecule has 1 heterocycles. The van der Waals surface area contributed by atoms with Gasteiger partial charge in [0.05, 0.1) is 6.54 Å². The zero-order valence-electron chi connectivity index (χ0n) is 10.9. The van der Waals surface area contributed by atoms with Crippen molar-refractivity contribution < 1.29 is 0 Å². The van der Waals surface area contributed by atoms with Crippen LogP contribution in [-0.2, 0) is 0 Å². The van der Waals surface area contributed by atoms with Crippen LogP contribution in [0, 0.1) is 0 Å². The lowest BCUT2D eigenvalue weighted by Crippen LogP contribution is -2.47. The summed E-state index contributed by atoms with van der Waals surface area (Å²) in [6.45, 7) is 5.67. The molecule has 5 nitrogen and oxygen atoms in total. The molecule has 0 radical (unpaired) electrons. The van der Waals surface area contributed by atoms with Gasteiger partial charge in [0.1, 0.15) is 0 Å². The Labute approximate surface area is 118 Å². The minimum Gasteiger partial charge on any atom is -0.370 e. The Kier molecular flexibility index (Phi) is 4.87. The maximum atomic E-state index is 5.90. The topological polar surface area (TPSA) is 70.9 Å². The molecule has 1 aliphatic heterocycles. The van der Waals surface area contributed by atoms with Crippen molar-refractivity contribution in [2.45, 2.75) is 0 Å². The molecule has 0 saturated carbocycles. The number of anilines is 1. The van der Waals surface area contributed by atoms with Crippen LogP contribution in [0.15, 0.2) is 29.3 Å². The number of benzene rings is 1. The first-order valence-electron chi connectivity index (χ1n) is 6.43. The van der Waals surface area contributed by atoms with Gasteiger partial charge in [0.25, 0.3) is 0 Å². The molecule has 1 fully saturated rings. The van der Waals surface area contributed by atoms with E-state index in [0.717, 1.165) is 37.7 Å². The molecule has 1 aliphatic rings. The number of nitrogens with zero attached hydrogens (tertiary/aromatic N) is 3. The molecule has 19 heavy (non-hydrogen) atoms. The lowest BCUT2D eigenvalue weighted by molar-refractivity contribution is 0.265. The van der Waals surface area contributed by atoms with E-state index in [4.69, 9.17) is 23.1 Å². The number of hydrogen-bond donors (Lipinski definition) is 2. The van der Waals surface area contributed by atoms with Crippen molar-refractivity contribution in [1.29, 1.82) is 0 Å². The quantitative estimate of drug-likeness (QED) is 0.631. The van der Waals surface area contributed by atoms with Gasteiger partial charge in [-0.1, -0.05) is 11.6 Å².